The van der Waals surface area contributed by atoms with Crippen LogP contribution in [0.25, 0.3) is 5.65 Å². The lowest BCUT2D eigenvalue weighted by molar-refractivity contribution is 0.102. The average molecular weight is 281 g/mol. The van der Waals surface area contributed by atoms with Crippen molar-refractivity contribution in [1.29, 1.82) is 0 Å². The smallest absolute Gasteiger partial charge is 0.255 e. The van der Waals surface area contributed by atoms with Gasteiger partial charge in [0.25, 0.3) is 5.91 Å². The highest BCUT2D eigenvalue weighted by Gasteiger charge is 2.10. The molecular formula is C16H15N3O2. The molecule has 2 N–H and O–H groups in total. The van der Waals surface area contributed by atoms with Gasteiger partial charge >= 0.3 is 0 Å². The van der Waals surface area contributed by atoms with Crippen molar-refractivity contribution in [2.24, 2.45) is 0 Å². The highest BCUT2D eigenvalue weighted by Crippen LogP contribution is 2.24. The number of imidazole rings is 1. The number of aromatic hydroxyl groups is 1. The van der Waals surface area contributed by atoms with Gasteiger partial charge in [0, 0.05) is 18.0 Å². The first kappa shape index (κ1) is 13.2. The van der Waals surface area contributed by atoms with E-state index in [0.29, 0.717) is 16.9 Å². The Balaban J connectivity index is 1.91. The molecule has 0 saturated heterocycles. The minimum absolute atomic E-state index is 0.0479. The Morgan fingerprint density at radius 3 is 2.86 bits per heavy atom. The molecule has 0 fully saturated rings. The van der Waals surface area contributed by atoms with E-state index in [4.69, 9.17) is 0 Å². The van der Waals surface area contributed by atoms with E-state index in [9.17, 15) is 9.90 Å². The SMILES string of the molecule is Cc1ccc(O)c(NC(=O)c2ccn3cc(C)nc3c2)c1. The molecule has 0 bridgehead atoms. The van der Waals surface area contributed by atoms with Gasteiger partial charge in [-0.05, 0) is 43.7 Å². The number of rotatable bonds is 2. The quantitative estimate of drug-likeness (QED) is 0.710. The summed E-state index contributed by atoms with van der Waals surface area (Å²) in [5.41, 5.74) is 3.47. The van der Waals surface area contributed by atoms with E-state index >= 15 is 0 Å². The number of nitrogens with one attached hydrogen (secondary N) is 1. The minimum atomic E-state index is -0.279. The van der Waals surface area contributed by atoms with Crippen molar-refractivity contribution in [3.63, 3.8) is 0 Å². The Kier molecular flexibility index (Phi) is 3.10. The number of aromatic nitrogens is 2. The molecule has 3 rings (SSSR count). The Morgan fingerprint density at radius 1 is 1.24 bits per heavy atom. The third-order valence-electron chi connectivity index (χ3n) is 3.24. The third-order valence-corrected chi connectivity index (χ3v) is 3.24. The Bertz CT molecular complexity index is 837. The van der Waals surface area contributed by atoms with Gasteiger partial charge in [0.15, 0.2) is 0 Å². The first-order valence-electron chi connectivity index (χ1n) is 6.59. The summed E-state index contributed by atoms with van der Waals surface area (Å²) in [4.78, 5) is 16.6. The summed E-state index contributed by atoms with van der Waals surface area (Å²) in [6.45, 7) is 3.80. The number of phenolic OH excluding ortho intramolecular Hbond substituents is 1. The normalized spacial score (nSPS) is 10.8. The molecule has 0 unspecified atom stereocenters. The zero-order valence-corrected chi connectivity index (χ0v) is 11.8. The lowest BCUT2D eigenvalue weighted by Gasteiger charge is -2.08. The van der Waals surface area contributed by atoms with Crippen LogP contribution in [0, 0.1) is 13.8 Å². The summed E-state index contributed by atoms with van der Waals surface area (Å²) >= 11 is 0. The maximum atomic E-state index is 12.3. The predicted molar refractivity (Wildman–Crippen MR) is 80.7 cm³/mol. The van der Waals surface area contributed by atoms with Gasteiger partial charge in [0.2, 0.25) is 0 Å². The standard InChI is InChI=1S/C16H15N3O2/c1-10-3-4-14(20)13(7-10)18-16(21)12-5-6-19-9-11(2)17-15(19)8-12/h3-9,20H,1-2H3,(H,18,21). The second-order valence-corrected chi connectivity index (χ2v) is 5.04. The van der Waals surface area contributed by atoms with Gasteiger partial charge < -0.3 is 14.8 Å². The predicted octanol–water partition coefficient (Wildman–Crippen LogP) is 2.91. The molecule has 0 atom stereocenters. The van der Waals surface area contributed by atoms with E-state index in [0.717, 1.165) is 11.3 Å². The molecule has 0 aliphatic heterocycles. The molecule has 5 nitrogen and oxygen atoms in total. The van der Waals surface area contributed by atoms with E-state index in [-0.39, 0.29) is 11.7 Å². The van der Waals surface area contributed by atoms with Crippen molar-refractivity contribution in [2.45, 2.75) is 13.8 Å². The fraction of sp³-hybridized carbons (Fsp3) is 0.125. The van der Waals surface area contributed by atoms with Gasteiger partial charge in [0.05, 0.1) is 11.4 Å². The molecule has 5 heteroatoms. The van der Waals surface area contributed by atoms with Gasteiger partial charge in [0.1, 0.15) is 11.4 Å². The molecule has 0 aliphatic carbocycles. The monoisotopic (exact) mass is 281 g/mol. The third kappa shape index (κ3) is 2.58. The van der Waals surface area contributed by atoms with Crippen LogP contribution in [0.5, 0.6) is 5.75 Å². The first-order chi connectivity index (χ1) is 10.0. The van der Waals surface area contributed by atoms with Crippen LogP contribution in [0.2, 0.25) is 0 Å². The van der Waals surface area contributed by atoms with Crippen LogP contribution >= 0.6 is 0 Å². The largest absolute Gasteiger partial charge is 0.506 e. The van der Waals surface area contributed by atoms with Crippen molar-refractivity contribution in [1.82, 2.24) is 9.38 Å². The maximum Gasteiger partial charge on any atom is 0.255 e. The van der Waals surface area contributed by atoms with E-state index in [1.165, 1.54) is 0 Å². The molecule has 0 spiro atoms. The van der Waals surface area contributed by atoms with E-state index < -0.39 is 0 Å². The highest BCUT2D eigenvalue weighted by molar-refractivity contribution is 6.05. The van der Waals surface area contributed by atoms with Crippen molar-refractivity contribution in [3.8, 4) is 5.75 Å². The van der Waals surface area contributed by atoms with Gasteiger partial charge in [-0.25, -0.2) is 4.98 Å². The second kappa shape index (κ2) is 4.94. The van der Waals surface area contributed by atoms with Crippen LogP contribution in [0.4, 0.5) is 5.69 Å². The summed E-state index contributed by atoms with van der Waals surface area (Å²) < 4.78 is 1.86. The topological polar surface area (TPSA) is 66.6 Å². The zero-order valence-electron chi connectivity index (χ0n) is 11.8. The maximum absolute atomic E-state index is 12.3. The van der Waals surface area contributed by atoms with Crippen LogP contribution < -0.4 is 5.32 Å². The van der Waals surface area contributed by atoms with Gasteiger partial charge in [-0.1, -0.05) is 6.07 Å². The molecule has 0 radical (unpaired) electrons. The van der Waals surface area contributed by atoms with E-state index in [1.807, 2.05) is 24.4 Å². The number of aryl methyl sites for hydroxylation is 2. The number of nitrogens with zero attached hydrogens (tertiary/aromatic N) is 2. The number of carbonyl (C=O) groups excluding carboxylic acids is 1. The fourth-order valence-corrected chi connectivity index (χ4v) is 2.19. The van der Waals surface area contributed by atoms with Gasteiger partial charge in [-0.15, -0.1) is 0 Å². The molecular weight excluding hydrogens is 266 g/mol. The molecule has 21 heavy (non-hydrogen) atoms. The second-order valence-electron chi connectivity index (χ2n) is 5.04. The van der Waals surface area contributed by atoms with Crippen LogP contribution in [-0.2, 0) is 0 Å². The average Bonchev–Trinajstić information content (AvgIpc) is 2.81. The lowest BCUT2D eigenvalue weighted by atomic mass is 10.2. The number of amides is 1. The van der Waals surface area contributed by atoms with Gasteiger partial charge in [-0.2, -0.15) is 0 Å². The van der Waals surface area contributed by atoms with Crippen molar-refractivity contribution in [3.05, 3.63) is 59.5 Å². The number of phenols is 1. The number of pyridine rings is 1. The first-order valence-corrected chi connectivity index (χ1v) is 6.59. The van der Waals surface area contributed by atoms with Crippen molar-refractivity contribution in [2.75, 3.05) is 5.32 Å². The molecule has 1 amide bonds. The Labute approximate surface area is 121 Å². The van der Waals surface area contributed by atoms with Crippen LogP contribution in [0.3, 0.4) is 0 Å². The zero-order chi connectivity index (χ0) is 15.0. The summed E-state index contributed by atoms with van der Waals surface area (Å²) in [5, 5.41) is 12.5. The summed E-state index contributed by atoms with van der Waals surface area (Å²) in [6.07, 6.45) is 3.68. The number of hydrogen-bond donors (Lipinski definition) is 2. The van der Waals surface area contributed by atoms with E-state index in [1.54, 1.807) is 36.5 Å². The van der Waals surface area contributed by atoms with Gasteiger partial charge in [-0.3, -0.25) is 4.79 Å². The van der Waals surface area contributed by atoms with Crippen molar-refractivity contribution >= 4 is 17.2 Å². The molecule has 0 aliphatic rings. The van der Waals surface area contributed by atoms with Crippen LogP contribution in [-0.4, -0.2) is 20.4 Å². The molecule has 2 heterocycles. The summed E-state index contributed by atoms with van der Waals surface area (Å²) in [6, 6.07) is 8.51. The van der Waals surface area contributed by atoms with Crippen molar-refractivity contribution < 1.29 is 9.90 Å². The highest BCUT2D eigenvalue weighted by atomic mass is 16.3. The van der Waals surface area contributed by atoms with E-state index in [2.05, 4.69) is 10.3 Å². The number of hydrogen-bond acceptors (Lipinski definition) is 3. The Morgan fingerprint density at radius 2 is 2.05 bits per heavy atom. The minimum Gasteiger partial charge on any atom is -0.506 e. The molecule has 106 valence electrons. The molecule has 0 saturated carbocycles. The van der Waals surface area contributed by atoms with Crippen LogP contribution in [0.15, 0.2) is 42.7 Å². The number of fused-ring (bicyclic) bond motifs is 1. The number of carbonyl (C=O) groups is 1. The van der Waals surface area contributed by atoms with Crippen LogP contribution in [0.1, 0.15) is 21.6 Å². The molecule has 2 aromatic heterocycles. The molecule has 1 aromatic carbocycles. The number of benzene rings is 1. The lowest BCUT2D eigenvalue weighted by Crippen LogP contribution is -2.12. The molecule has 3 aromatic rings. The fourth-order valence-electron chi connectivity index (χ4n) is 2.19. The summed E-state index contributed by atoms with van der Waals surface area (Å²) in [5.74, 6) is -0.231. The summed E-state index contributed by atoms with van der Waals surface area (Å²) in [7, 11) is 0. The number of anilines is 1. The Hall–Kier alpha value is -2.82.